The van der Waals surface area contributed by atoms with Gasteiger partial charge in [-0.2, -0.15) is 0 Å². The molecule has 0 saturated heterocycles. The van der Waals surface area contributed by atoms with Crippen molar-refractivity contribution in [2.45, 2.75) is 26.7 Å². The van der Waals surface area contributed by atoms with Crippen LogP contribution in [0.1, 0.15) is 36.0 Å². The summed E-state index contributed by atoms with van der Waals surface area (Å²) in [4.78, 5) is 22.0. The largest absolute Gasteiger partial charge is 0.481 e. The van der Waals surface area contributed by atoms with E-state index in [1.165, 1.54) is 0 Å². The van der Waals surface area contributed by atoms with Crippen LogP contribution >= 0.6 is 0 Å². The van der Waals surface area contributed by atoms with E-state index in [1.807, 2.05) is 0 Å². The van der Waals surface area contributed by atoms with E-state index >= 15 is 0 Å². The molecule has 1 unspecified atom stereocenters. The first-order valence-electron chi connectivity index (χ1n) is 5.45. The quantitative estimate of drug-likeness (QED) is 0.729. The minimum atomic E-state index is -0.817. The molecular formula is C11H16N2O4. The van der Waals surface area contributed by atoms with Gasteiger partial charge in [0.15, 0.2) is 0 Å². The van der Waals surface area contributed by atoms with Gasteiger partial charge >= 0.3 is 5.97 Å². The number of carbonyl (C=O) groups is 2. The second kappa shape index (κ2) is 6.03. The molecule has 0 aromatic carbocycles. The molecule has 6 nitrogen and oxygen atoms in total. The average Bonchev–Trinajstić information content (AvgIpc) is 2.70. The first-order chi connectivity index (χ1) is 8.00. The summed E-state index contributed by atoms with van der Waals surface area (Å²) in [6.07, 6.45) is 1.15. The number of nitrogens with one attached hydrogen (secondary N) is 1. The molecule has 1 aromatic heterocycles. The van der Waals surface area contributed by atoms with Gasteiger partial charge < -0.3 is 14.9 Å². The second-order valence-electron chi connectivity index (χ2n) is 3.97. The Labute approximate surface area is 99.0 Å². The highest BCUT2D eigenvalue weighted by molar-refractivity contribution is 5.91. The van der Waals surface area contributed by atoms with Crippen LogP contribution in [-0.4, -0.2) is 28.7 Å². The van der Waals surface area contributed by atoms with Crippen LogP contribution in [0.15, 0.2) is 10.6 Å². The highest BCUT2D eigenvalue weighted by atomic mass is 16.5. The number of hydrogen-bond donors (Lipinski definition) is 2. The first-order valence-corrected chi connectivity index (χ1v) is 5.45. The van der Waals surface area contributed by atoms with Crippen molar-refractivity contribution in [2.75, 3.05) is 6.54 Å². The second-order valence-corrected chi connectivity index (χ2v) is 3.97. The van der Waals surface area contributed by atoms with Crippen molar-refractivity contribution in [2.24, 2.45) is 5.92 Å². The molecule has 0 radical (unpaired) electrons. The van der Waals surface area contributed by atoms with E-state index in [0.717, 1.165) is 0 Å². The number of amides is 1. The lowest BCUT2D eigenvalue weighted by Crippen LogP contribution is -2.24. The Bertz CT molecular complexity index is 400. The van der Waals surface area contributed by atoms with Crippen molar-refractivity contribution in [3.8, 4) is 0 Å². The molecule has 0 aliphatic carbocycles. The van der Waals surface area contributed by atoms with Gasteiger partial charge in [-0.1, -0.05) is 12.1 Å². The molecule has 17 heavy (non-hydrogen) atoms. The van der Waals surface area contributed by atoms with Crippen LogP contribution in [0.3, 0.4) is 0 Å². The van der Waals surface area contributed by atoms with Gasteiger partial charge in [0.2, 0.25) is 5.76 Å². The summed E-state index contributed by atoms with van der Waals surface area (Å²) in [6.45, 7) is 3.80. The molecule has 94 valence electrons. The van der Waals surface area contributed by atoms with Crippen molar-refractivity contribution in [3.63, 3.8) is 0 Å². The minimum Gasteiger partial charge on any atom is -0.481 e. The van der Waals surface area contributed by atoms with Crippen molar-refractivity contribution < 1.29 is 19.2 Å². The average molecular weight is 240 g/mol. The lowest BCUT2D eigenvalue weighted by molar-refractivity contribution is -0.141. The molecule has 1 amide bonds. The summed E-state index contributed by atoms with van der Waals surface area (Å²) in [5.74, 6) is -1.36. The highest BCUT2D eigenvalue weighted by Crippen LogP contribution is 2.05. The predicted molar refractivity (Wildman–Crippen MR) is 59.6 cm³/mol. The van der Waals surface area contributed by atoms with Crippen LogP contribution in [0.25, 0.3) is 0 Å². The molecule has 2 N–H and O–H groups in total. The van der Waals surface area contributed by atoms with Gasteiger partial charge in [0, 0.05) is 12.6 Å². The topological polar surface area (TPSA) is 92.4 Å². The zero-order chi connectivity index (χ0) is 12.8. The van der Waals surface area contributed by atoms with Gasteiger partial charge in [-0.15, -0.1) is 0 Å². The van der Waals surface area contributed by atoms with Gasteiger partial charge in [-0.05, 0) is 19.8 Å². The number of carbonyl (C=O) groups excluding carboxylic acids is 1. The fourth-order valence-corrected chi connectivity index (χ4v) is 1.29. The Kier molecular flexibility index (Phi) is 4.68. The predicted octanol–water partition coefficient (Wildman–Crippen LogP) is 1.21. The molecule has 0 saturated carbocycles. The Morgan fingerprint density at radius 2 is 2.29 bits per heavy atom. The van der Waals surface area contributed by atoms with Crippen LogP contribution in [0.5, 0.6) is 0 Å². The van der Waals surface area contributed by atoms with E-state index in [4.69, 9.17) is 9.63 Å². The van der Waals surface area contributed by atoms with Crippen LogP contribution in [0.2, 0.25) is 0 Å². The Morgan fingerprint density at radius 3 is 2.82 bits per heavy atom. The maximum Gasteiger partial charge on any atom is 0.306 e. The fraction of sp³-hybridized carbons (Fsp3) is 0.545. The van der Waals surface area contributed by atoms with E-state index in [0.29, 0.717) is 25.1 Å². The third kappa shape index (κ3) is 4.26. The van der Waals surface area contributed by atoms with Gasteiger partial charge in [-0.25, -0.2) is 0 Å². The van der Waals surface area contributed by atoms with Crippen molar-refractivity contribution in [1.82, 2.24) is 10.5 Å². The molecule has 0 aliphatic heterocycles. The fourth-order valence-electron chi connectivity index (χ4n) is 1.29. The summed E-state index contributed by atoms with van der Waals surface area (Å²) in [6, 6.07) is 1.55. The number of carboxylic acid groups (broad SMARTS) is 1. The van der Waals surface area contributed by atoms with Crippen LogP contribution < -0.4 is 5.32 Å². The number of carboxylic acids is 1. The summed E-state index contributed by atoms with van der Waals surface area (Å²) >= 11 is 0. The monoisotopic (exact) mass is 240 g/mol. The smallest absolute Gasteiger partial charge is 0.306 e. The molecule has 1 atom stereocenters. The van der Waals surface area contributed by atoms with E-state index < -0.39 is 5.97 Å². The standard InChI is InChI=1S/C11H16N2O4/c1-7(11(15)16)4-3-5-12-10(14)9-6-8(2)13-17-9/h6-7H,3-5H2,1-2H3,(H,12,14)(H,15,16). The summed E-state index contributed by atoms with van der Waals surface area (Å²) in [5, 5.41) is 14.9. The number of aromatic nitrogens is 1. The van der Waals surface area contributed by atoms with Crippen LogP contribution in [0.4, 0.5) is 0 Å². The SMILES string of the molecule is Cc1cc(C(=O)NCCCC(C)C(=O)O)on1. The first kappa shape index (κ1) is 13.2. The zero-order valence-electron chi connectivity index (χ0n) is 9.90. The molecule has 0 spiro atoms. The molecule has 0 aliphatic rings. The summed E-state index contributed by atoms with van der Waals surface area (Å²) in [7, 11) is 0. The molecule has 1 aromatic rings. The number of rotatable bonds is 6. The van der Waals surface area contributed by atoms with E-state index in [9.17, 15) is 9.59 Å². The molecule has 1 rings (SSSR count). The van der Waals surface area contributed by atoms with Gasteiger partial charge in [-0.3, -0.25) is 9.59 Å². The van der Waals surface area contributed by atoms with Crippen molar-refractivity contribution >= 4 is 11.9 Å². The third-order valence-corrected chi connectivity index (χ3v) is 2.37. The Hall–Kier alpha value is -1.85. The molecule has 0 bridgehead atoms. The maximum atomic E-state index is 11.5. The number of nitrogens with zero attached hydrogens (tertiary/aromatic N) is 1. The Morgan fingerprint density at radius 1 is 1.59 bits per heavy atom. The van der Waals surface area contributed by atoms with E-state index in [1.54, 1.807) is 19.9 Å². The third-order valence-electron chi connectivity index (χ3n) is 2.37. The highest BCUT2D eigenvalue weighted by Gasteiger charge is 2.12. The van der Waals surface area contributed by atoms with E-state index in [-0.39, 0.29) is 17.6 Å². The van der Waals surface area contributed by atoms with Gasteiger partial charge in [0.05, 0.1) is 11.6 Å². The van der Waals surface area contributed by atoms with Crippen molar-refractivity contribution in [1.29, 1.82) is 0 Å². The van der Waals surface area contributed by atoms with Crippen molar-refractivity contribution in [3.05, 3.63) is 17.5 Å². The van der Waals surface area contributed by atoms with Crippen LogP contribution in [-0.2, 0) is 4.79 Å². The number of hydrogen-bond acceptors (Lipinski definition) is 4. The number of aliphatic carboxylic acids is 1. The maximum absolute atomic E-state index is 11.5. The molecule has 0 fully saturated rings. The van der Waals surface area contributed by atoms with Gasteiger partial charge in [0.25, 0.3) is 5.91 Å². The minimum absolute atomic E-state index is 0.175. The summed E-state index contributed by atoms with van der Waals surface area (Å²) < 4.78 is 4.79. The lowest BCUT2D eigenvalue weighted by atomic mass is 10.1. The molecule has 6 heteroatoms. The molecule has 1 heterocycles. The van der Waals surface area contributed by atoms with E-state index in [2.05, 4.69) is 10.5 Å². The lowest BCUT2D eigenvalue weighted by Gasteiger charge is -2.05. The van der Waals surface area contributed by atoms with Gasteiger partial charge in [0.1, 0.15) is 0 Å². The summed E-state index contributed by atoms with van der Waals surface area (Å²) in [5.41, 5.74) is 0.648. The normalized spacial score (nSPS) is 12.1. The van der Waals surface area contributed by atoms with Crippen LogP contribution in [0, 0.1) is 12.8 Å². The zero-order valence-corrected chi connectivity index (χ0v) is 9.90. The number of aryl methyl sites for hydroxylation is 1. The Balaban J connectivity index is 2.23. The molecular weight excluding hydrogens is 224 g/mol.